The van der Waals surface area contributed by atoms with E-state index in [-0.39, 0.29) is 11.5 Å². The fourth-order valence-electron chi connectivity index (χ4n) is 2.36. The van der Waals surface area contributed by atoms with Gasteiger partial charge in [-0.3, -0.25) is 4.79 Å². The first-order chi connectivity index (χ1) is 9.06. The summed E-state index contributed by atoms with van der Waals surface area (Å²) in [5, 5.41) is 8.97. The van der Waals surface area contributed by atoms with Crippen LogP contribution in [0.5, 0.6) is 0 Å². The van der Waals surface area contributed by atoms with E-state index in [1.165, 1.54) is 0 Å². The third-order valence-corrected chi connectivity index (χ3v) is 3.64. The topological polar surface area (TPSA) is 57.6 Å². The second kappa shape index (κ2) is 5.87. The second-order valence-corrected chi connectivity index (χ2v) is 5.25. The molecule has 0 aliphatic carbocycles. The molecule has 1 aromatic rings. The van der Waals surface area contributed by atoms with Crippen LogP contribution in [0, 0.1) is 5.92 Å². The van der Waals surface area contributed by atoms with Gasteiger partial charge in [0.05, 0.1) is 5.56 Å². The van der Waals surface area contributed by atoms with Crippen LogP contribution >= 0.6 is 0 Å². The lowest BCUT2D eigenvalue weighted by molar-refractivity contribution is -0.131. The smallest absolute Gasteiger partial charge is 0.335 e. The zero-order chi connectivity index (χ0) is 13.8. The maximum Gasteiger partial charge on any atom is 0.335 e. The van der Waals surface area contributed by atoms with Crippen molar-refractivity contribution in [3.05, 3.63) is 35.4 Å². The minimum Gasteiger partial charge on any atom is -0.478 e. The van der Waals surface area contributed by atoms with E-state index in [9.17, 15) is 9.59 Å². The number of likely N-dealkylation sites (tertiary alicyclic amines) is 1. The van der Waals surface area contributed by atoms with Crippen LogP contribution in [0.3, 0.4) is 0 Å². The van der Waals surface area contributed by atoms with E-state index in [0.717, 1.165) is 24.9 Å². The van der Waals surface area contributed by atoms with Crippen LogP contribution in [0.15, 0.2) is 24.3 Å². The van der Waals surface area contributed by atoms with E-state index in [1.54, 1.807) is 18.2 Å². The van der Waals surface area contributed by atoms with E-state index in [2.05, 4.69) is 6.92 Å². The largest absolute Gasteiger partial charge is 0.478 e. The van der Waals surface area contributed by atoms with Gasteiger partial charge in [-0.2, -0.15) is 0 Å². The van der Waals surface area contributed by atoms with Gasteiger partial charge in [0, 0.05) is 19.5 Å². The Bertz CT molecular complexity index is 484. The van der Waals surface area contributed by atoms with Crippen molar-refractivity contribution in [2.75, 3.05) is 6.54 Å². The van der Waals surface area contributed by atoms with Crippen LogP contribution in [-0.4, -0.2) is 28.4 Å². The third-order valence-electron chi connectivity index (χ3n) is 3.64. The maximum absolute atomic E-state index is 12.0. The summed E-state index contributed by atoms with van der Waals surface area (Å²) in [5.74, 6) is -0.179. The Morgan fingerprint density at radius 1 is 1.42 bits per heavy atom. The van der Waals surface area contributed by atoms with Crippen molar-refractivity contribution >= 4 is 11.9 Å². The van der Waals surface area contributed by atoms with Crippen LogP contribution in [0.4, 0.5) is 0 Å². The molecule has 1 heterocycles. The van der Waals surface area contributed by atoms with Gasteiger partial charge in [-0.1, -0.05) is 19.1 Å². The summed E-state index contributed by atoms with van der Waals surface area (Å²) in [4.78, 5) is 24.8. The first-order valence-corrected chi connectivity index (χ1v) is 6.66. The van der Waals surface area contributed by atoms with Crippen molar-refractivity contribution in [3.8, 4) is 0 Å². The highest BCUT2D eigenvalue weighted by Crippen LogP contribution is 2.19. The molecular formula is C15H19NO3. The molecular weight excluding hydrogens is 242 g/mol. The summed E-state index contributed by atoms with van der Waals surface area (Å²) >= 11 is 0. The summed E-state index contributed by atoms with van der Waals surface area (Å²) in [7, 11) is 0. The Morgan fingerprint density at radius 3 is 2.95 bits per heavy atom. The molecule has 0 aromatic heterocycles. The van der Waals surface area contributed by atoms with Gasteiger partial charge in [-0.05, 0) is 36.5 Å². The molecule has 0 spiro atoms. The molecule has 1 N–H and O–H groups in total. The Hall–Kier alpha value is -1.84. The number of nitrogens with zero attached hydrogens (tertiary/aromatic N) is 1. The monoisotopic (exact) mass is 261 g/mol. The van der Waals surface area contributed by atoms with Gasteiger partial charge >= 0.3 is 5.97 Å². The molecule has 1 aromatic carbocycles. The number of carboxylic acids is 1. The first kappa shape index (κ1) is 13.6. The molecule has 0 bridgehead atoms. The zero-order valence-corrected chi connectivity index (χ0v) is 11.1. The van der Waals surface area contributed by atoms with Crippen molar-refractivity contribution in [2.24, 2.45) is 5.92 Å². The SMILES string of the molecule is CC1CCC(=O)N(Cc2cccc(C(=O)O)c2)CC1. The lowest BCUT2D eigenvalue weighted by Crippen LogP contribution is -2.29. The standard InChI is InChI=1S/C15H19NO3/c1-11-5-6-14(17)16(8-7-11)10-12-3-2-4-13(9-12)15(18)19/h2-4,9,11H,5-8,10H2,1H3,(H,18,19). The summed E-state index contributed by atoms with van der Waals surface area (Å²) < 4.78 is 0. The highest BCUT2D eigenvalue weighted by molar-refractivity contribution is 5.87. The quantitative estimate of drug-likeness (QED) is 0.909. The molecule has 2 rings (SSSR count). The molecule has 1 amide bonds. The number of rotatable bonds is 3. The lowest BCUT2D eigenvalue weighted by Gasteiger charge is -2.21. The van der Waals surface area contributed by atoms with Crippen LogP contribution in [0.1, 0.15) is 42.1 Å². The number of aromatic carboxylic acids is 1. The highest BCUT2D eigenvalue weighted by atomic mass is 16.4. The maximum atomic E-state index is 12.0. The molecule has 1 fully saturated rings. The van der Waals surface area contributed by atoms with Gasteiger partial charge < -0.3 is 10.0 Å². The lowest BCUT2D eigenvalue weighted by atomic mass is 10.0. The average molecular weight is 261 g/mol. The zero-order valence-electron chi connectivity index (χ0n) is 11.1. The third kappa shape index (κ3) is 3.56. The van der Waals surface area contributed by atoms with Crippen LogP contribution < -0.4 is 0 Å². The predicted molar refractivity (Wildman–Crippen MR) is 71.8 cm³/mol. The van der Waals surface area contributed by atoms with Crippen LogP contribution in [0.2, 0.25) is 0 Å². The molecule has 19 heavy (non-hydrogen) atoms. The van der Waals surface area contributed by atoms with Gasteiger partial charge in [-0.25, -0.2) is 4.79 Å². The highest BCUT2D eigenvalue weighted by Gasteiger charge is 2.20. The molecule has 4 heteroatoms. The Morgan fingerprint density at radius 2 is 2.21 bits per heavy atom. The molecule has 0 saturated carbocycles. The van der Waals surface area contributed by atoms with Crippen molar-refractivity contribution in [1.29, 1.82) is 0 Å². The Balaban J connectivity index is 2.09. The Kier molecular flexibility index (Phi) is 4.20. The van der Waals surface area contributed by atoms with E-state index in [0.29, 0.717) is 18.9 Å². The van der Waals surface area contributed by atoms with Gasteiger partial charge in [-0.15, -0.1) is 0 Å². The fraction of sp³-hybridized carbons (Fsp3) is 0.467. The molecule has 1 atom stereocenters. The van der Waals surface area contributed by atoms with E-state index < -0.39 is 5.97 Å². The molecule has 1 saturated heterocycles. The minimum atomic E-state index is -0.933. The van der Waals surface area contributed by atoms with Crippen molar-refractivity contribution in [3.63, 3.8) is 0 Å². The number of carbonyl (C=O) groups excluding carboxylic acids is 1. The molecule has 1 unspecified atom stereocenters. The van der Waals surface area contributed by atoms with Crippen LogP contribution in [0.25, 0.3) is 0 Å². The van der Waals surface area contributed by atoms with Crippen molar-refractivity contribution < 1.29 is 14.7 Å². The minimum absolute atomic E-state index is 0.171. The Labute approximate surface area is 113 Å². The number of carboxylic acid groups (broad SMARTS) is 1. The summed E-state index contributed by atoms with van der Waals surface area (Å²) in [5.41, 5.74) is 1.15. The van der Waals surface area contributed by atoms with Crippen molar-refractivity contribution in [1.82, 2.24) is 4.90 Å². The van der Waals surface area contributed by atoms with Gasteiger partial charge in [0.2, 0.25) is 5.91 Å². The number of hydrogen-bond donors (Lipinski definition) is 1. The fourth-order valence-corrected chi connectivity index (χ4v) is 2.36. The van der Waals surface area contributed by atoms with Crippen LogP contribution in [-0.2, 0) is 11.3 Å². The first-order valence-electron chi connectivity index (χ1n) is 6.66. The molecule has 0 radical (unpaired) electrons. The predicted octanol–water partition coefficient (Wildman–Crippen LogP) is 2.53. The summed E-state index contributed by atoms with van der Waals surface area (Å²) in [6.45, 7) is 3.44. The van der Waals surface area contributed by atoms with E-state index in [1.807, 2.05) is 11.0 Å². The summed E-state index contributed by atoms with van der Waals surface area (Å²) in [6, 6.07) is 6.81. The normalized spacial score (nSPS) is 20.2. The second-order valence-electron chi connectivity index (χ2n) is 5.25. The number of hydrogen-bond acceptors (Lipinski definition) is 2. The molecule has 102 valence electrons. The number of amides is 1. The average Bonchev–Trinajstić information content (AvgIpc) is 2.54. The molecule has 1 aliphatic heterocycles. The molecule has 4 nitrogen and oxygen atoms in total. The van der Waals surface area contributed by atoms with Crippen molar-refractivity contribution in [2.45, 2.75) is 32.7 Å². The van der Waals surface area contributed by atoms with Gasteiger partial charge in [0.1, 0.15) is 0 Å². The summed E-state index contributed by atoms with van der Waals surface area (Å²) in [6.07, 6.45) is 2.56. The number of benzene rings is 1. The number of carbonyl (C=O) groups is 2. The van der Waals surface area contributed by atoms with E-state index in [4.69, 9.17) is 5.11 Å². The molecule has 1 aliphatic rings. The van der Waals surface area contributed by atoms with Gasteiger partial charge in [0.15, 0.2) is 0 Å². The van der Waals surface area contributed by atoms with Gasteiger partial charge in [0.25, 0.3) is 0 Å². The van der Waals surface area contributed by atoms with E-state index >= 15 is 0 Å².